The second kappa shape index (κ2) is 6.75. The Hall–Kier alpha value is -3.00. The summed E-state index contributed by atoms with van der Waals surface area (Å²) in [5.41, 5.74) is 9.48. The van der Waals surface area contributed by atoms with Crippen molar-refractivity contribution in [1.82, 2.24) is 9.97 Å². The highest BCUT2D eigenvalue weighted by molar-refractivity contribution is 5.87. The number of hydrogen-bond donors (Lipinski definition) is 0. The molecule has 7 rings (SSSR count). The van der Waals surface area contributed by atoms with Gasteiger partial charge in [-0.05, 0) is 84.0 Å². The third-order valence-corrected chi connectivity index (χ3v) is 7.91. The SMILES string of the molecule is CCC[C@@]12C=C[C@@](CCC)(c3cc4ccccc4cc31)c1nc3cc(C)c(C)cc3nc12. The highest BCUT2D eigenvalue weighted by atomic mass is 14.9. The fourth-order valence-corrected chi connectivity index (χ4v) is 6.25. The predicted octanol–water partition coefficient (Wildman–Crippen LogP) is 7.46. The molecule has 0 amide bonds. The Morgan fingerprint density at radius 1 is 0.656 bits per heavy atom. The fourth-order valence-electron chi connectivity index (χ4n) is 6.25. The van der Waals surface area contributed by atoms with Crippen LogP contribution < -0.4 is 0 Å². The van der Waals surface area contributed by atoms with E-state index in [1.807, 2.05) is 0 Å². The number of benzene rings is 3. The third kappa shape index (κ3) is 2.41. The van der Waals surface area contributed by atoms with E-state index in [2.05, 4.69) is 88.4 Å². The Balaban J connectivity index is 1.76. The van der Waals surface area contributed by atoms with E-state index in [1.54, 1.807) is 0 Å². The average molecular weight is 419 g/mol. The monoisotopic (exact) mass is 418 g/mol. The van der Waals surface area contributed by atoms with Crippen LogP contribution in [0.4, 0.5) is 0 Å². The first-order valence-corrected chi connectivity index (χ1v) is 12.1. The van der Waals surface area contributed by atoms with E-state index in [1.165, 1.54) is 44.4 Å². The minimum absolute atomic E-state index is 0.196. The quantitative estimate of drug-likeness (QED) is 0.322. The molecule has 32 heavy (non-hydrogen) atoms. The van der Waals surface area contributed by atoms with E-state index in [0.717, 1.165) is 36.7 Å². The highest BCUT2D eigenvalue weighted by Crippen LogP contribution is 2.58. The van der Waals surface area contributed by atoms with Gasteiger partial charge in [0.2, 0.25) is 0 Å². The molecular formula is C30H30N2. The molecule has 2 atom stereocenters. The number of aromatic nitrogens is 2. The van der Waals surface area contributed by atoms with Crippen molar-refractivity contribution in [2.75, 3.05) is 0 Å². The van der Waals surface area contributed by atoms with Gasteiger partial charge in [-0.3, -0.25) is 0 Å². The van der Waals surface area contributed by atoms with E-state index in [9.17, 15) is 0 Å². The first kappa shape index (κ1) is 19.7. The summed E-state index contributed by atoms with van der Waals surface area (Å²) in [6.45, 7) is 8.91. The summed E-state index contributed by atoms with van der Waals surface area (Å²) in [6.07, 6.45) is 9.26. The minimum Gasteiger partial charge on any atom is -0.248 e. The van der Waals surface area contributed by atoms with Crippen molar-refractivity contribution in [3.63, 3.8) is 0 Å². The van der Waals surface area contributed by atoms with Crippen molar-refractivity contribution in [2.24, 2.45) is 0 Å². The summed E-state index contributed by atoms with van der Waals surface area (Å²) in [6, 6.07) is 18.1. The summed E-state index contributed by atoms with van der Waals surface area (Å²) in [5, 5.41) is 2.63. The minimum atomic E-state index is -0.196. The molecule has 3 aliphatic rings. The topological polar surface area (TPSA) is 25.8 Å². The normalized spacial score (nSPS) is 23.0. The number of rotatable bonds is 4. The molecule has 2 bridgehead atoms. The maximum atomic E-state index is 5.38. The van der Waals surface area contributed by atoms with Gasteiger partial charge in [0, 0.05) is 0 Å². The van der Waals surface area contributed by atoms with Crippen LogP contribution >= 0.6 is 0 Å². The number of hydrogen-bond acceptors (Lipinski definition) is 2. The number of allylic oxidation sites excluding steroid dienone is 2. The van der Waals surface area contributed by atoms with Gasteiger partial charge in [0.25, 0.3) is 0 Å². The molecule has 2 heteroatoms. The smallest absolute Gasteiger partial charge is 0.0893 e. The van der Waals surface area contributed by atoms with Gasteiger partial charge in [0.1, 0.15) is 0 Å². The molecular weight excluding hydrogens is 388 g/mol. The molecule has 4 aromatic rings. The molecule has 0 saturated carbocycles. The van der Waals surface area contributed by atoms with Crippen molar-refractivity contribution >= 4 is 21.8 Å². The van der Waals surface area contributed by atoms with Gasteiger partial charge in [-0.2, -0.15) is 0 Å². The highest BCUT2D eigenvalue weighted by Gasteiger charge is 2.54. The first-order valence-electron chi connectivity index (χ1n) is 12.1. The van der Waals surface area contributed by atoms with Crippen molar-refractivity contribution in [3.8, 4) is 0 Å². The second-order valence-corrected chi connectivity index (χ2v) is 9.87. The van der Waals surface area contributed by atoms with Gasteiger partial charge in [-0.15, -0.1) is 0 Å². The Labute approximate surface area is 190 Å². The van der Waals surface area contributed by atoms with Crippen molar-refractivity contribution < 1.29 is 0 Å². The van der Waals surface area contributed by atoms with Crippen LogP contribution in [0.5, 0.6) is 0 Å². The summed E-state index contributed by atoms with van der Waals surface area (Å²) < 4.78 is 0. The molecule has 0 fully saturated rings. The van der Waals surface area contributed by atoms with E-state index in [4.69, 9.17) is 9.97 Å². The lowest BCUT2D eigenvalue weighted by Gasteiger charge is -2.50. The molecule has 0 radical (unpaired) electrons. The van der Waals surface area contributed by atoms with E-state index in [-0.39, 0.29) is 10.8 Å². The number of nitrogens with zero attached hydrogens (tertiary/aromatic N) is 2. The lowest BCUT2D eigenvalue weighted by atomic mass is 9.53. The van der Waals surface area contributed by atoms with Crippen molar-refractivity contribution in [3.05, 3.63) is 94.3 Å². The maximum Gasteiger partial charge on any atom is 0.0893 e. The van der Waals surface area contributed by atoms with Crippen molar-refractivity contribution in [1.29, 1.82) is 0 Å². The van der Waals surface area contributed by atoms with Crippen LogP contribution in [-0.2, 0) is 10.8 Å². The number of aryl methyl sites for hydroxylation is 2. The summed E-state index contributed by atoms with van der Waals surface area (Å²) in [5.74, 6) is 0. The van der Waals surface area contributed by atoms with E-state index in [0.29, 0.717) is 0 Å². The third-order valence-electron chi connectivity index (χ3n) is 7.91. The Bertz CT molecular complexity index is 1320. The molecule has 0 spiro atoms. The second-order valence-electron chi connectivity index (χ2n) is 9.87. The van der Waals surface area contributed by atoms with Gasteiger partial charge in [-0.25, -0.2) is 9.97 Å². The molecule has 160 valence electrons. The Morgan fingerprint density at radius 2 is 1.09 bits per heavy atom. The zero-order valence-electron chi connectivity index (χ0n) is 19.5. The summed E-state index contributed by atoms with van der Waals surface area (Å²) in [7, 11) is 0. The van der Waals surface area contributed by atoms with Gasteiger partial charge in [0.15, 0.2) is 0 Å². The van der Waals surface area contributed by atoms with Gasteiger partial charge >= 0.3 is 0 Å². The van der Waals surface area contributed by atoms with Crippen molar-refractivity contribution in [2.45, 2.75) is 64.2 Å². The Morgan fingerprint density at radius 3 is 1.50 bits per heavy atom. The molecule has 3 aliphatic carbocycles. The molecule has 2 nitrogen and oxygen atoms in total. The number of fused-ring (bicyclic) bond motifs is 2. The Kier molecular flexibility index (Phi) is 4.15. The van der Waals surface area contributed by atoms with Crippen LogP contribution in [0, 0.1) is 13.8 Å². The van der Waals surface area contributed by atoms with E-state index >= 15 is 0 Å². The van der Waals surface area contributed by atoms with Crippen LogP contribution in [0.2, 0.25) is 0 Å². The van der Waals surface area contributed by atoms with Crippen LogP contribution in [0.15, 0.2) is 60.7 Å². The van der Waals surface area contributed by atoms with Gasteiger partial charge in [-0.1, -0.05) is 63.1 Å². The lowest BCUT2D eigenvalue weighted by Crippen LogP contribution is -2.47. The lowest BCUT2D eigenvalue weighted by molar-refractivity contribution is 0.427. The maximum absolute atomic E-state index is 5.38. The summed E-state index contributed by atoms with van der Waals surface area (Å²) >= 11 is 0. The molecule has 0 aliphatic heterocycles. The van der Waals surface area contributed by atoms with E-state index < -0.39 is 0 Å². The standard InChI is InChI=1S/C30H30N2/c1-5-11-29-13-14-30(12-6-2,24-18-22-10-8-7-9-21(22)17-23(24)29)28-27(29)31-25-15-19(3)20(4)16-26(25)32-28/h7-10,13-18H,5-6,11-12H2,1-4H3/t29-,30+. The molecule has 3 aromatic carbocycles. The zero-order valence-corrected chi connectivity index (χ0v) is 19.5. The predicted molar refractivity (Wildman–Crippen MR) is 133 cm³/mol. The molecule has 1 aromatic heterocycles. The summed E-state index contributed by atoms with van der Waals surface area (Å²) in [4.78, 5) is 10.8. The molecule has 0 saturated heterocycles. The molecule has 0 unspecified atom stereocenters. The average Bonchev–Trinajstić information content (AvgIpc) is 2.79. The van der Waals surface area contributed by atoms with Crippen LogP contribution in [0.3, 0.4) is 0 Å². The largest absolute Gasteiger partial charge is 0.248 e. The van der Waals surface area contributed by atoms with Gasteiger partial charge in [0.05, 0.1) is 33.3 Å². The van der Waals surface area contributed by atoms with Gasteiger partial charge < -0.3 is 0 Å². The molecule has 0 N–H and O–H groups in total. The van der Waals surface area contributed by atoms with Crippen LogP contribution in [0.25, 0.3) is 21.8 Å². The fraction of sp³-hybridized carbons (Fsp3) is 0.333. The van der Waals surface area contributed by atoms with Crippen LogP contribution in [-0.4, -0.2) is 9.97 Å². The zero-order chi connectivity index (χ0) is 22.1. The molecule has 1 heterocycles. The first-order chi connectivity index (χ1) is 15.5. The van der Waals surface area contributed by atoms with Crippen LogP contribution in [0.1, 0.15) is 73.2 Å².